The second kappa shape index (κ2) is 11.5. The van der Waals surface area contributed by atoms with Crippen molar-refractivity contribution in [3.05, 3.63) is 126 Å². The Morgan fingerprint density at radius 3 is 2.05 bits per heavy atom. The molecule has 37 heavy (non-hydrogen) atoms. The largest absolute Gasteiger partial charge is 0.348 e. The fraction of sp³-hybridized carbons (Fsp3) is 0.103. The standard InChI is InChI=1S/C29H27N3O4S/c1-22-12-8-11-19-27(22)32(37(35,36)24-15-6-3-7-16-24)21-28(33)31-26-18-10-9-17-25(26)29(34)30-20-23-13-4-2-5-14-23/h2-19H,20-21H2,1H3,(H,30,34)(H,31,33). The number of para-hydroxylation sites is 2. The van der Waals surface area contributed by atoms with Crippen molar-refractivity contribution in [2.45, 2.75) is 18.4 Å². The van der Waals surface area contributed by atoms with Crippen molar-refractivity contribution in [2.75, 3.05) is 16.2 Å². The number of anilines is 2. The van der Waals surface area contributed by atoms with Gasteiger partial charge in [0.1, 0.15) is 6.54 Å². The molecule has 0 aliphatic heterocycles. The number of amides is 2. The lowest BCUT2D eigenvalue weighted by Crippen LogP contribution is -2.38. The molecule has 4 rings (SSSR count). The summed E-state index contributed by atoms with van der Waals surface area (Å²) in [6.07, 6.45) is 0. The molecule has 0 aliphatic rings. The molecule has 2 N–H and O–H groups in total. The highest BCUT2D eigenvalue weighted by Gasteiger charge is 2.28. The Balaban J connectivity index is 1.56. The molecule has 2 amide bonds. The average molecular weight is 514 g/mol. The number of rotatable bonds is 9. The first-order valence-electron chi connectivity index (χ1n) is 11.7. The summed E-state index contributed by atoms with van der Waals surface area (Å²) in [7, 11) is -4.04. The summed E-state index contributed by atoms with van der Waals surface area (Å²) in [5.74, 6) is -0.932. The molecule has 4 aromatic rings. The number of carbonyl (C=O) groups excluding carboxylic acids is 2. The molecular formula is C29H27N3O4S. The maximum Gasteiger partial charge on any atom is 0.264 e. The number of sulfonamides is 1. The van der Waals surface area contributed by atoms with Gasteiger partial charge in [-0.25, -0.2) is 8.42 Å². The van der Waals surface area contributed by atoms with Crippen LogP contribution in [0.15, 0.2) is 114 Å². The fourth-order valence-electron chi connectivity index (χ4n) is 3.85. The van der Waals surface area contributed by atoms with Crippen molar-refractivity contribution < 1.29 is 18.0 Å². The van der Waals surface area contributed by atoms with Gasteiger partial charge in [-0.05, 0) is 48.4 Å². The van der Waals surface area contributed by atoms with Gasteiger partial charge in [0.2, 0.25) is 5.91 Å². The minimum absolute atomic E-state index is 0.0757. The van der Waals surface area contributed by atoms with Gasteiger partial charge < -0.3 is 10.6 Å². The van der Waals surface area contributed by atoms with Gasteiger partial charge in [0, 0.05) is 6.54 Å². The molecule has 0 bridgehead atoms. The first kappa shape index (κ1) is 25.7. The van der Waals surface area contributed by atoms with E-state index in [-0.39, 0.29) is 16.4 Å². The van der Waals surface area contributed by atoms with E-state index in [1.165, 1.54) is 12.1 Å². The Kier molecular flexibility index (Phi) is 8.00. The van der Waals surface area contributed by atoms with Crippen LogP contribution in [0.4, 0.5) is 11.4 Å². The van der Waals surface area contributed by atoms with E-state index < -0.39 is 22.5 Å². The molecule has 0 aromatic heterocycles. The van der Waals surface area contributed by atoms with Gasteiger partial charge in [0.25, 0.3) is 15.9 Å². The molecule has 8 heteroatoms. The van der Waals surface area contributed by atoms with Crippen molar-refractivity contribution in [1.29, 1.82) is 0 Å². The average Bonchev–Trinajstić information content (AvgIpc) is 2.92. The minimum Gasteiger partial charge on any atom is -0.348 e. The van der Waals surface area contributed by atoms with Crippen molar-refractivity contribution in [2.24, 2.45) is 0 Å². The molecule has 7 nitrogen and oxygen atoms in total. The maximum absolute atomic E-state index is 13.5. The number of aryl methyl sites for hydroxylation is 1. The van der Waals surface area contributed by atoms with E-state index in [4.69, 9.17) is 0 Å². The third-order valence-corrected chi connectivity index (χ3v) is 7.52. The molecule has 0 unspecified atom stereocenters. The SMILES string of the molecule is Cc1ccccc1N(CC(=O)Nc1ccccc1C(=O)NCc1ccccc1)S(=O)(=O)c1ccccc1. The van der Waals surface area contributed by atoms with E-state index in [9.17, 15) is 18.0 Å². The Bertz CT molecular complexity index is 1490. The van der Waals surface area contributed by atoms with Gasteiger partial charge in [-0.15, -0.1) is 0 Å². The molecule has 0 radical (unpaired) electrons. The zero-order valence-electron chi connectivity index (χ0n) is 20.3. The van der Waals surface area contributed by atoms with Crippen LogP contribution >= 0.6 is 0 Å². The zero-order valence-corrected chi connectivity index (χ0v) is 21.1. The second-order valence-corrected chi connectivity index (χ2v) is 10.2. The molecule has 0 spiro atoms. The molecule has 0 atom stereocenters. The highest BCUT2D eigenvalue weighted by Crippen LogP contribution is 2.27. The van der Waals surface area contributed by atoms with Crippen LogP contribution in [-0.2, 0) is 21.4 Å². The van der Waals surface area contributed by atoms with Crippen molar-refractivity contribution in [1.82, 2.24) is 5.32 Å². The van der Waals surface area contributed by atoms with Gasteiger partial charge in [0.05, 0.1) is 21.8 Å². The number of benzene rings is 4. The number of carbonyl (C=O) groups is 2. The molecule has 0 saturated carbocycles. The van der Waals surface area contributed by atoms with Crippen LogP contribution in [0, 0.1) is 6.92 Å². The smallest absolute Gasteiger partial charge is 0.264 e. The highest BCUT2D eigenvalue weighted by molar-refractivity contribution is 7.92. The first-order chi connectivity index (χ1) is 17.9. The van der Waals surface area contributed by atoms with E-state index >= 15 is 0 Å². The molecule has 0 aliphatic carbocycles. The monoisotopic (exact) mass is 513 g/mol. The first-order valence-corrected chi connectivity index (χ1v) is 13.1. The quantitative estimate of drug-likeness (QED) is 0.337. The highest BCUT2D eigenvalue weighted by atomic mass is 32.2. The van der Waals surface area contributed by atoms with E-state index in [2.05, 4.69) is 10.6 Å². The fourth-order valence-corrected chi connectivity index (χ4v) is 5.35. The lowest BCUT2D eigenvalue weighted by atomic mass is 10.1. The van der Waals surface area contributed by atoms with Gasteiger partial charge in [-0.3, -0.25) is 13.9 Å². The van der Waals surface area contributed by atoms with E-state index in [1.807, 2.05) is 30.3 Å². The maximum atomic E-state index is 13.5. The van der Waals surface area contributed by atoms with Gasteiger partial charge in [-0.2, -0.15) is 0 Å². The number of hydrogen-bond donors (Lipinski definition) is 2. The van der Waals surface area contributed by atoms with Crippen molar-refractivity contribution >= 4 is 33.2 Å². The number of hydrogen-bond acceptors (Lipinski definition) is 4. The topological polar surface area (TPSA) is 95.6 Å². The molecule has 0 saturated heterocycles. The van der Waals surface area contributed by atoms with Crippen LogP contribution in [0.3, 0.4) is 0 Å². The lowest BCUT2D eigenvalue weighted by molar-refractivity contribution is -0.114. The predicted octanol–water partition coefficient (Wildman–Crippen LogP) is 4.76. The Morgan fingerprint density at radius 2 is 1.35 bits per heavy atom. The van der Waals surface area contributed by atoms with Crippen LogP contribution in [0.2, 0.25) is 0 Å². The summed E-state index contributed by atoms with van der Waals surface area (Å²) in [4.78, 5) is 26.2. The van der Waals surface area contributed by atoms with E-state index in [0.717, 1.165) is 9.87 Å². The predicted molar refractivity (Wildman–Crippen MR) is 145 cm³/mol. The Morgan fingerprint density at radius 1 is 0.757 bits per heavy atom. The normalized spacial score (nSPS) is 10.9. The van der Waals surface area contributed by atoms with E-state index in [1.54, 1.807) is 73.7 Å². The second-order valence-electron chi connectivity index (χ2n) is 8.37. The number of nitrogens with zero attached hydrogens (tertiary/aromatic N) is 1. The van der Waals surface area contributed by atoms with Crippen LogP contribution in [-0.4, -0.2) is 26.8 Å². The third kappa shape index (κ3) is 6.23. The summed E-state index contributed by atoms with van der Waals surface area (Å²) < 4.78 is 28.2. The van der Waals surface area contributed by atoms with E-state index in [0.29, 0.717) is 23.5 Å². The third-order valence-electron chi connectivity index (χ3n) is 5.74. The van der Waals surface area contributed by atoms with Gasteiger partial charge >= 0.3 is 0 Å². The summed E-state index contributed by atoms with van der Waals surface area (Å²) >= 11 is 0. The lowest BCUT2D eigenvalue weighted by Gasteiger charge is -2.25. The van der Waals surface area contributed by atoms with Crippen LogP contribution < -0.4 is 14.9 Å². The van der Waals surface area contributed by atoms with Crippen LogP contribution in [0.1, 0.15) is 21.5 Å². The summed E-state index contributed by atoms with van der Waals surface area (Å²) in [6.45, 7) is 1.65. The van der Waals surface area contributed by atoms with Gasteiger partial charge in [-0.1, -0.05) is 78.9 Å². The number of nitrogens with one attached hydrogen (secondary N) is 2. The molecule has 0 fully saturated rings. The zero-order chi connectivity index (χ0) is 26.3. The Labute approximate surface area is 216 Å². The minimum atomic E-state index is -4.04. The molecule has 4 aromatic carbocycles. The van der Waals surface area contributed by atoms with Crippen LogP contribution in [0.25, 0.3) is 0 Å². The Hall–Kier alpha value is -4.43. The molecular weight excluding hydrogens is 486 g/mol. The van der Waals surface area contributed by atoms with Gasteiger partial charge in [0.15, 0.2) is 0 Å². The summed E-state index contributed by atoms with van der Waals surface area (Å²) in [5.41, 5.74) is 2.61. The van der Waals surface area contributed by atoms with Crippen LogP contribution in [0.5, 0.6) is 0 Å². The van der Waals surface area contributed by atoms with Crippen molar-refractivity contribution in [3.63, 3.8) is 0 Å². The molecule has 188 valence electrons. The molecule has 0 heterocycles. The summed E-state index contributed by atoms with van der Waals surface area (Å²) in [6, 6.07) is 31.0. The summed E-state index contributed by atoms with van der Waals surface area (Å²) in [5, 5.41) is 5.58. The van der Waals surface area contributed by atoms with Crippen molar-refractivity contribution in [3.8, 4) is 0 Å².